The number of anilines is 1. The van der Waals surface area contributed by atoms with Gasteiger partial charge in [0, 0.05) is 10.0 Å². The summed E-state index contributed by atoms with van der Waals surface area (Å²) in [6, 6.07) is 6.35. The highest BCUT2D eigenvalue weighted by molar-refractivity contribution is 9.10. The lowest BCUT2D eigenvalue weighted by molar-refractivity contribution is 0.102. The van der Waals surface area contributed by atoms with E-state index >= 15 is 0 Å². The summed E-state index contributed by atoms with van der Waals surface area (Å²) in [6.07, 6.45) is 0. The first kappa shape index (κ1) is 16.1. The van der Waals surface area contributed by atoms with Gasteiger partial charge in [0.05, 0.1) is 15.6 Å². The van der Waals surface area contributed by atoms with Crippen LogP contribution in [0.5, 0.6) is 0 Å². The lowest BCUT2D eigenvalue weighted by Gasteiger charge is -2.08. The summed E-state index contributed by atoms with van der Waals surface area (Å²) in [5, 5.41) is 14.2. The average molecular weight is 409 g/mol. The second-order valence-electron chi connectivity index (χ2n) is 3.87. The van der Waals surface area contributed by atoms with Crippen LogP contribution in [0.4, 0.5) is 5.69 Å². The Morgan fingerprint density at radius 1 is 1.38 bits per heavy atom. The van der Waals surface area contributed by atoms with E-state index in [4.69, 9.17) is 34.1 Å². The number of carbonyl (C=O) groups is 1. The van der Waals surface area contributed by atoms with Gasteiger partial charge in [-0.25, -0.2) is 0 Å². The fourth-order valence-electron chi connectivity index (χ4n) is 1.52. The lowest BCUT2D eigenvalue weighted by atomic mass is 10.2. The van der Waals surface area contributed by atoms with Crippen molar-refractivity contribution in [3.63, 3.8) is 0 Å². The maximum absolute atomic E-state index is 12.1. The molecular weight excluding hydrogens is 401 g/mol. The molecule has 0 aliphatic heterocycles. The molecule has 21 heavy (non-hydrogen) atoms. The van der Waals surface area contributed by atoms with Gasteiger partial charge >= 0.3 is 0 Å². The second kappa shape index (κ2) is 6.65. The quantitative estimate of drug-likeness (QED) is 0.308. The molecule has 0 saturated heterocycles. The number of amidine groups is 1. The molecule has 110 valence electrons. The number of oxime groups is 1. The van der Waals surface area contributed by atoms with Crippen molar-refractivity contribution in [2.24, 2.45) is 10.9 Å². The molecule has 0 aliphatic rings. The highest BCUT2D eigenvalue weighted by atomic mass is 79.9. The van der Waals surface area contributed by atoms with Crippen LogP contribution in [0.1, 0.15) is 15.9 Å². The molecule has 4 N–H and O–H groups in total. The molecule has 0 atom stereocenters. The van der Waals surface area contributed by atoms with E-state index in [0.29, 0.717) is 30.0 Å². The minimum Gasteiger partial charge on any atom is -0.409 e. The molecule has 0 fully saturated rings. The predicted octanol–water partition coefficient (Wildman–Crippen LogP) is 4.16. The Balaban J connectivity index is 2.24. The van der Waals surface area contributed by atoms with Crippen LogP contribution in [0.25, 0.3) is 0 Å². The van der Waals surface area contributed by atoms with Crippen LogP contribution in [0.15, 0.2) is 33.9 Å². The van der Waals surface area contributed by atoms with Gasteiger partial charge in [-0.1, -0.05) is 28.4 Å². The molecule has 9 heteroatoms. The number of benzene rings is 1. The van der Waals surface area contributed by atoms with Crippen LogP contribution in [0, 0.1) is 0 Å². The molecule has 0 spiro atoms. The molecule has 0 unspecified atom stereocenters. The third-order valence-electron chi connectivity index (χ3n) is 2.52. The summed E-state index contributed by atoms with van der Waals surface area (Å²) in [5.74, 6) is -0.401. The van der Waals surface area contributed by atoms with E-state index in [2.05, 4.69) is 26.4 Å². The fourth-order valence-corrected chi connectivity index (χ4v) is 3.45. The van der Waals surface area contributed by atoms with E-state index < -0.39 is 0 Å². The molecule has 2 rings (SSSR count). The first-order valence-corrected chi connectivity index (χ1v) is 7.82. The van der Waals surface area contributed by atoms with Gasteiger partial charge in [0.1, 0.15) is 4.34 Å². The molecule has 0 aliphatic carbocycles. The van der Waals surface area contributed by atoms with Crippen molar-refractivity contribution < 1.29 is 10.0 Å². The lowest BCUT2D eigenvalue weighted by Crippen LogP contribution is -2.14. The zero-order valence-corrected chi connectivity index (χ0v) is 14.1. The molecule has 0 bridgehead atoms. The van der Waals surface area contributed by atoms with Gasteiger partial charge < -0.3 is 16.3 Å². The third-order valence-corrected chi connectivity index (χ3v) is 4.67. The van der Waals surface area contributed by atoms with Gasteiger partial charge in [0.25, 0.3) is 5.91 Å². The average Bonchev–Trinajstić information content (AvgIpc) is 2.79. The van der Waals surface area contributed by atoms with Crippen LogP contribution in [-0.2, 0) is 0 Å². The van der Waals surface area contributed by atoms with Crippen LogP contribution in [0.2, 0.25) is 8.67 Å². The largest absolute Gasteiger partial charge is 0.409 e. The first-order valence-electron chi connectivity index (χ1n) is 5.46. The Hall–Kier alpha value is -1.28. The van der Waals surface area contributed by atoms with Crippen molar-refractivity contribution in [3.05, 3.63) is 48.5 Å². The Labute approximate surface area is 142 Å². The maximum atomic E-state index is 12.1. The number of carbonyl (C=O) groups excluding carboxylic acids is 1. The van der Waals surface area contributed by atoms with Crippen LogP contribution in [-0.4, -0.2) is 17.0 Å². The first-order chi connectivity index (χ1) is 9.92. The maximum Gasteiger partial charge on any atom is 0.258 e. The van der Waals surface area contributed by atoms with Crippen molar-refractivity contribution in [1.82, 2.24) is 0 Å². The van der Waals surface area contributed by atoms with Gasteiger partial charge in [-0.3, -0.25) is 4.79 Å². The van der Waals surface area contributed by atoms with Crippen LogP contribution < -0.4 is 11.1 Å². The van der Waals surface area contributed by atoms with Gasteiger partial charge in [0.2, 0.25) is 0 Å². The number of nitrogens with two attached hydrogens (primary N) is 1. The molecule has 0 radical (unpaired) electrons. The van der Waals surface area contributed by atoms with Crippen LogP contribution >= 0.6 is 50.5 Å². The van der Waals surface area contributed by atoms with Gasteiger partial charge in [-0.15, -0.1) is 11.3 Å². The van der Waals surface area contributed by atoms with E-state index in [1.807, 2.05) is 0 Å². The monoisotopic (exact) mass is 407 g/mol. The van der Waals surface area contributed by atoms with Crippen LogP contribution in [0.3, 0.4) is 0 Å². The standard InChI is InChI=1S/C12H8BrCl2N3O2S/c13-7-3-5(11(16)18-20)1-2-8(7)17-12(19)6-4-9(14)21-10(6)15/h1-4,20H,(H2,16,18)(H,17,19). The SMILES string of the molecule is N/C(=N/O)c1ccc(NC(=O)c2cc(Cl)sc2Cl)c(Br)c1. The zero-order chi connectivity index (χ0) is 15.6. The Bertz CT molecular complexity index is 733. The smallest absolute Gasteiger partial charge is 0.258 e. The van der Waals surface area contributed by atoms with Crippen molar-refractivity contribution in [3.8, 4) is 0 Å². The molecule has 5 nitrogen and oxygen atoms in total. The summed E-state index contributed by atoms with van der Waals surface area (Å²) in [6.45, 7) is 0. The second-order valence-corrected chi connectivity index (χ2v) is 7.01. The topological polar surface area (TPSA) is 87.7 Å². The molecule has 1 aromatic heterocycles. The molecule has 1 amide bonds. The Morgan fingerprint density at radius 3 is 2.62 bits per heavy atom. The van der Waals surface area contributed by atoms with Crippen molar-refractivity contribution in [1.29, 1.82) is 0 Å². The summed E-state index contributed by atoms with van der Waals surface area (Å²) in [7, 11) is 0. The summed E-state index contributed by atoms with van der Waals surface area (Å²) >= 11 is 16.2. The van der Waals surface area contributed by atoms with Crippen molar-refractivity contribution in [2.75, 3.05) is 5.32 Å². The number of thiophene rings is 1. The number of halogens is 3. The number of amides is 1. The summed E-state index contributed by atoms with van der Waals surface area (Å²) in [5.41, 5.74) is 6.83. The number of nitrogens with zero attached hydrogens (tertiary/aromatic N) is 1. The molecule has 1 heterocycles. The fraction of sp³-hybridized carbons (Fsp3) is 0. The van der Waals surface area contributed by atoms with E-state index in [1.54, 1.807) is 18.2 Å². The molecule has 0 saturated carbocycles. The Morgan fingerprint density at radius 2 is 2.10 bits per heavy atom. The number of rotatable bonds is 3. The van der Waals surface area contributed by atoms with E-state index in [1.165, 1.54) is 6.07 Å². The van der Waals surface area contributed by atoms with E-state index in [-0.39, 0.29) is 11.7 Å². The number of hydrogen-bond acceptors (Lipinski definition) is 4. The molecule has 1 aromatic carbocycles. The summed E-state index contributed by atoms with van der Waals surface area (Å²) in [4.78, 5) is 12.1. The van der Waals surface area contributed by atoms with E-state index in [0.717, 1.165) is 11.3 Å². The number of nitrogens with one attached hydrogen (secondary N) is 1. The number of hydrogen-bond donors (Lipinski definition) is 3. The van der Waals surface area contributed by atoms with E-state index in [9.17, 15) is 4.79 Å². The van der Waals surface area contributed by atoms with Gasteiger partial charge in [0.15, 0.2) is 5.84 Å². The highest BCUT2D eigenvalue weighted by Gasteiger charge is 2.15. The normalized spacial score (nSPS) is 11.5. The zero-order valence-electron chi connectivity index (χ0n) is 10.2. The minimum atomic E-state index is -0.375. The van der Waals surface area contributed by atoms with Crippen molar-refractivity contribution in [2.45, 2.75) is 0 Å². The summed E-state index contributed by atoms with van der Waals surface area (Å²) < 4.78 is 1.34. The third kappa shape index (κ3) is 3.68. The van der Waals surface area contributed by atoms with Gasteiger partial charge in [-0.2, -0.15) is 0 Å². The predicted molar refractivity (Wildman–Crippen MR) is 88.9 cm³/mol. The molecular formula is C12H8BrCl2N3O2S. The molecule has 2 aromatic rings. The van der Waals surface area contributed by atoms with Gasteiger partial charge in [-0.05, 0) is 40.2 Å². The minimum absolute atomic E-state index is 0.0266. The Kier molecular flexibility index (Phi) is 5.10. The highest BCUT2D eigenvalue weighted by Crippen LogP contribution is 2.32. The van der Waals surface area contributed by atoms with Crippen molar-refractivity contribution >= 4 is 67.9 Å².